The van der Waals surface area contributed by atoms with Crippen molar-refractivity contribution in [3.05, 3.63) is 59.9 Å². The smallest absolute Gasteiger partial charge is 0.375 e. The average molecular weight is 462 g/mol. The highest BCUT2D eigenvalue weighted by Crippen LogP contribution is 2.40. The highest BCUT2D eigenvalue weighted by molar-refractivity contribution is 5.92. The first-order valence-corrected chi connectivity index (χ1v) is 10.7. The van der Waals surface area contributed by atoms with Crippen molar-refractivity contribution in [1.82, 2.24) is 30.1 Å². The summed E-state index contributed by atoms with van der Waals surface area (Å²) < 4.78 is 56.0. The van der Waals surface area contributed by atoms with E-state index in [-0.39, 0.29) is 12.0 Å². The van der Waals surface area contributed by atoms with E-state index in [0.29, 0.717) is 12.8 Å². The Morgan fingerprint density at radius 2 is 1.82 bits per heavy atom. The summed E-state index contributed by atoms with van der Waals surface area (Å²) in [6, 6.07) is 5.50. The Balaban J connectivity index is 1.28. The number of hydrogen-bond acceptors (Lipinski definition) is 5. The number of hydrogen-bond donors (Lipinski definition) is 3. The van der Waals surface area contributed by atoms with Crippen molar-refractivity contribution in [1.29, 1.82) is 0 Å². The number of alkyl halides is 3. The number of benzene rings is 1. The van der Waals surface area contributed by atoms with E-state index in [0.717, 1.165) is 59.4 Å². The molecule has 0 radical (unpaired) electrons. The van der Waals surface area contributed by atoms with Crippen LogP contribution in [-0.2, 0) is 5.60 Å². The molecule has 1 fully saturated rings. The van der Waals surface area contributed by atoms with Gasteiger partial charge >= 0.3 is 6.18 Å². The average Bonchev–Trinajstić information content (AvgIpc) is 3.44. The lowest BCUT2D eigenvalue weighted by atomic mass is 9.83. The minimum Gasteiger partial charge on any atom is -0.375 e. The standard InChI is InChI=1S/C22H22F4N6O/c23-15-5-3-14(4-6-15)21(33,22(24,25)26)11-28-16-7-1-13(2-8-16)18-19-17-9-10-27-20(17)29-12-32(19)31-30-18/h3-6,9-10,12-13,16,27-28,33H,1-2,7-8,11H2. The molecule has 4 aromatic rings. The van der Waals surface area contributed by atoms with Crippen molar-refractivity contribution in [2.75, 3.05) is 6.54 Å². The van der Waals surface area contributed by atoms with E-state index < -0.39 is 29.7 Å². The van der Waals surface area contributed by atoms with Crippen LogP contribution >= 0.6 is 0 Å². The second-order valence-electron chi connectivity index (χ2n) is 8.55. The van der Waals surface area contributed by atoms with Gasteiger partial charge in [0.25, 0.3) is 0 Å². The quantitative estimate of drug-likeness (QED) is 0.393. The fraction of sp³-hybridized carbons (Fsp3) is 0.409. The van der Waals surface area contributed by atoms with Crippen LogP contribution in [0.4, 0.5) is 17.6 Å². The van der Waals surface area contributed by atoms with Gasteiger partial charge in [0.1, 0.15) is 23.3 Å². The maximum atomic E-state index is 13.7. The van der Waals surface area contributed by atoms with Crippen LogP contribution in [0.25, 0.3) is 16.6 Å². The zero-order valence-corrected chi connectivity index (χ0v) is 17.5. The summed E-state index contributed by atoms with van der Waals surface area (Å²) in [5.74, 6) is -0.539. The summed E-state index contributed by atoms with van der Waals surface area (Å²) >= 11 is 0. The summed E-state index contributed by atoms with van der Waals surface area (Å²) in [6.45, 7) is -0.706. The molecule has 1 saturated carbocycles. The highest BCUT2D eigenvalue weighted by Gasteiger charge is 2.55. The molecule has 5 rings (SSSR count). The summed E-state index contributed by atoms with van der Waals surface area (Å²) in [7, 11) is 0. The Labute approximate surface area is 185 Å². The zero-order valence-electron chi connectivity index (χ0n) is 17.5. The van der Waals surface area contributed by atoms with Gasteiger partial charge in [-0.2, -0.15) is 13.2 Å². The Kier molecular flexibility index (Phi) is 5.32. The molecule has 1 aliphatic rings. The normalized spacial score (nSPS) is 21.5. The van der Waals surface area contributed by atoms with Crippen LogP contribution in [0.5, 0.6) is 0 Å². The molecule has 1 atom stereocenters. The van der Waals surface area contributed by atoms with Gasteiger partial charge in [-0.15, -0.1) is 5.10 Å². The molecule has 1 aliphatic carbocycles. The SMILES string of the molecule is OC(CNC1CCC(c2nnn3cnc4[nH]ccc4c23)CC1)(c1ccc(F)cc1)C(F)(F)F. The van der Waals surface area contributed by atoms with Crippen molar-refractivity contribution < 1.29 is 22.7 Å². The van der Waals surface area contributed by atoms with Gasteiger partial charge in [-0.1, -0.05) is 17.3 Å². The molecule has 0 aliphatic heterocycles. The van der Waals surface area contributed by atoms with Crippen LogP contribution in [0.15, 0.2) is 42.9 Å². The Hall–Kier alpha value is -3.05. The Morgan fingerprint density at radius 1 is 1.09 bits per heavy atom. The summed E-state index contributed by atoms with van der Waals surface area (Å²) in [5.41, 5.74) is -1.00. The van der Waals surface area contributed by atoms with Crippen LogP contribution in [-0.4, -0.2) is 48.7 Å². The van der Waals surface area contributed by atoms with E-state index in [9.17, 15) is 22.7 Å². The summed E-state index contributed by atoms with van der Waals surface area (Å²) in [6.07, 6.45) is 1.20. The van der Waals surface area contributed by atoms with Crippen LogP contribution in [0.2, 0.25) is 0 Å². The van der Waals surface area contributed by atoms with E-state index in [1.165, 1.54) is 0 Å². The van der Waals surface area contributed by atoms with Crippen LogP contribution in [0, 0.1) is 5.82 Å². The molecule has 1 aromatic carbocycles. The molecular formula is C22H22F4N6O. The van der Waals surface area contributed by atoms with Crippen molar-refractivity contribution >= 4 is 16.6 Å². The van der Waals surface area contributed by atoms with Gasteiger partial charge < -0.3 is 15.4 Å². The number of H-pyrrole nitrogens is 1. The molecule has 174 valence electrons. The third-order valence-electron chi connectivity index (χ3n) is 6.55. The van der Waals surface area contributed by atoms with Gasteiger partial charge in [0.15, 0.2) is 5.60 Å². The first kappa shape index (κ1) is 21.8. The lowest BCUT2D eigenvalue weighted by Gasteiger charge is -2.35. The molecule has 3 aromatic heterocycles. The lowest BCUT2D eigenvalue weighted by molar-refractivity contribution is -0.264. The van der Waals surface area contributed by atoms with Gasteiger partial charge in [-0.05, 0) is 49.4 Å². The predicted molar refractivity (Wildman–Crippen MR) is 112 cm³/mol. The van der Waals surface area contributed by atoms with Crippen molar-refractivity contribution in [2.45, 2.75) is 49.4 Å². The van der Waals surface area contributed by atoms with Crippen molar-refractivity contribution in [3.8, 4) is 0 Å². The molecule has 0 saturated heterocycles. The minimum atomic E-state index is -4.91. The zero-order chi connectivity index (χ0) is 23.2. The largest absolute Gasteiger partial charge is 0.422 e. The Morgan fingerprint density at radius 3 is 2.52 bits per heavy atom. The monoisotopic (exact) mass is 462 g/mol. The maximum Gasteiger partial charge on any atom is 0.422 e. The molecule has 0 amide bonds. The van der Waals surface area contributed by atoms with Gasteiger partial charge in [0, 0.05) is 30.1 Å². The molecular weight excluding hydrogens is 440 g/mol. The third kappa shape index (κ3) is 3.84. The number of aromatic nitrogens is 5. The van der Waals surface area contributed by atoms with Crippen LogP contribution < -0.4 is 5.32 Å². The molecule has 3 heterocycles. The van der Waals surface area contributed by atoms with Crippen molar-refractivity contribution in [3.63, 3.8) is 0 Å². The number of rotatable bonds is 5. The van der Waals surface area contributed by atoms with E-state index in [1.54, 1.807) is 17.0 Å². The highest BCUT2D eigenvalue weighted by atomic mass is 19.4. The number of aliphatic hydroxyl groups is 1. The van der Waals surface area contributed by atoms with Gasteiger partial charge in [-0.3, -0.25) is 0 Å². The van der Waals surface area contributed by atoms with E-state index >= 15 is 0 Å². The topological polar surface area (TPSA) is 91.1 Å². The Bertz CT molecular complexity index is 1260. The molecule has 33 heavy (non-hydrogen) atoms. The molecule has 1 unspecified atom stereocenters. The molecule has 0 bridgehead atoms. The summed E-state index contributed by atoms with van der Waals surface area (Å²) in [4.78, 5) is 7.37. The second-order valence-corrected chi connectivity index (χ2v) is 8.55. The fourth-order valence-corrected chi connectivity index (χ4v) is 4.65. The number of nitrogens with one attached hydrogen (secondary N) is 2. The second kappa shape index (κ2) is 8.07. The van der Waals surface area contributed by atoms with E-state index in [2.05, 4.69) is 25.6 Å². The number of halogens is 4. The first-order valence-electron chi connectivity index (χ1n) is 10.7. The third-order valence-corrected chi connectivity index (χ3v) is 6.55. The van der Waals surface area contributed by atoms with Gasteiger partial charge in [0.05, 0.1) is 5.69 Å². The van der Waals surface area contributed by atoms with Crippen LogP contribution in [0.1, 0.15) is 42.9 Å². The minimum absolute atomic E-state index is 0.125. The lowest BCUT2D eigenvalue weighted by Crippen LogP contribution is -2.52. The van der Waals surface area contributed by atoms with E-state index in [1.807, 2.05) is 6.07 Å². The summed E-state index contributed by atoms with van der Waals surface area (Å²) in [5, 5.41) is 22.8. The van der Waals surface area contributed by atoms with Crippen molar-refractivity contribution in [2.24, 2.45) is 0 Å². The number of nitrogens with zero attached hydrogens (tertiary/aromatic N) is 4. The van der Waals surface area contributed by atoms with Crippen LogP contribution in [0.3, 0.4) is 0 Å². The molecule has 0 spiro atoms. The van der Waals surface area contributed by atoms with Gasteiger partial charge in [0.2, 0.25) is 0 Å². The fourth-order valence-electron chi connectivity index (χ4n) is 4.65. The first-order chi connectivity index (χ1) is 15.8. The maximum absolute atomic E-state index is 13.7. The van der Waals surface area contributed by atoms with E-state index in [4.69, 9.17) is 0 Å². The molecule has 11 heteroatoms. The predicted octanol–water partition coefficient (Wildman–Crippen LogP) is 3.81. The number of fused-ring (bicyclic) bond motifs is 3. The molecule has 7 nitrogen and oxygen atoms in total. The number of aromatic amines is 1. The van der Waals surface area contributed by atoms with Gasteiger partial charge in [-0.25, -0.2) is 13.9 Å². The molecule has 3 N–H and O–H groups in total.